The van der Waals surface area contributed by atoms with E-state index >= 15 is 0 Å². The van der Waals surface area contributed by atoms with Crippen LogP contribution in [-0.4, -0.2) is 32.3 Å². The highest BCUT2D eigenvalue weighted by atomic mass is 19.4. The van der Waals surface area contributed by atoms with Gasteiger partial charge in [-0.2, -0.15) is 13.2 Å². The summed E-state index contributed by atoms with van der Waals surface area (Å²) < 4.78 is 38.8. The van der Waals surface area contributed by atoms with E-state index in [1.54, 1.807) is 4.90 Å². The predicted octanol–water partition coefficient (Wildman–Crippen LogP) is 3.41. The highest BCUT2D eigenvalue weighted by Gasteiger charge is 2.34. The molecule has 10 heteroatoms. The molecule has 2 aromatic heterocycles. The Morgan fingerprint density at radius 2 is 1.90 bits per heavy atom. The van der Waals surface area contributed by atoms with Crippen molar-refractivity contribution < 1.29 is 18.0 Å². The molecule has 1 atom stereocenters. The van der Waals surface area contributed by atoms with Crippen LogP contribution in [-0.2, 0) is 6.18 Å². The van der Waals surface area contributed by atoms with Gasteiger partial charge in [0.05, 0.1) is 22.9 Å². The number of pyridine rings is 1. The number of amides is 1. The zero-order chi connectivity index (χ0) is 22.2. The molecule has 7 nitrogen and oxygen atoms in total. The van der Waals surface area contributed by atoms with Gasteiger partial charge in [0.25, 0.3) is 5.91 Å². The van der Waals surface area contributed by atoms with Gasteiger partial charge in [-0.25, -0.2) is 9.97 Å². The topological polar surface area (TPSA) is 105 Å². The first kappa shape index (κ1) is 20.6. The van der Waals surface area contributed by atoms with E-state index in [0.717, 1.165) is 18.6 Å². The molecule has 0 aliphatic carbocycles. The van der Waals surface area contributed by atoms with E-state index in [4.69, 9.17) is 5.73 Å². The summed E-state index contributed by atoms with van der Waals surface area (Å²) in [4.78, 5) is 36.8. The first-order valence-corrected chi connectivity index (χ1v) is 9.54. The fourth-order valence-electron chi connectivity index (χ4n) is 3.73. The molecule has 31 heavy (non-hydrogen) atoms. The van der Waals surface area contributed by atoms with Crippen LogP contribution in [0.1, 0.15) is 40.5 Å². The van der Waals surface area contributed by atoms with Crippen molar-refractivity contribution in [2.45, 2.75) is 25.1 Å². The Morgan fingerprint density at radius 3 is 2.55 bits per heavy atom. The van der Waals surface area contributed by atoms with Gasteiger partial charge in [-0.05, 0) is 36.6 Å². The van der Waals surface area contributed by atoms with Crippen LogP contribution in [0.3, 0.4) is 0 Å². The molecular formula is C21H18F3N5O2. The third-order valence-corrected chi connectivity index (χ3v) is 5.22. The summed E-state index contributed by atoms with van der Waals surface area (Å²) >= 11 is 0. The number of aromatic amines is 1. The smallest absolute Gasteiger partial charge is 0.368 e. The number of anilines is 1. The van der Waals surface area contributed by atoms with Crippen molar-refractivity contribution in [2.24, 2.45) is 0 Å². The Labute approximate surface area is 174 Å². The number of carbonyl (C=O) groups excluding carboxylic acids is 1. The van der Waals surface area contributed by atoms with Crippen molar-refractivity contribution in [3.8, 4) is 11.1 Å². The summed E-state index contributed by atoms with van der Waals surface area (Å²) in [6.45, 7) is 0.471. The third-order valence-electron chi connectivity index (χ3n) is 5.22. The summed E-state index contributed by atoms with van der Waals surface area (Å²) in [5, 5.41) is 0. The van der Waals surface area contributed by atoms with E-state index in [2.05, 4.69) is 15.0 Å². The standard InChI is InChI=1S/C21H18F3N5O2/c22-21(23,24)14-6-3-12(4-7-14)15-11-27-20(25)28-18(15)16-2-1-9-29(16)19(31)13-5-8-17(30)26-10-13/h3-8,10-11,16H,1-2,9H2,(H,26,30)(H2,25,27,28)/t16-/m1/s1. The number of nitrogens with two attached hydrogens (primary N) is 1. The SMILES string of the molecule is Nc1ncc(-c2ccc(C(F)(F)F)cc2)c([C@H]2CCCN2C(=O)c2ccc(=O)[nH]c2)n1. The minimum atomic E-state index is -4.44. The maximum Gasteiger partial charge on any atom is 0.416 e. The lowest BCUT2D eigenvalue weighted by molar-refractivity contribution is -0.137. The van der Waals surface area contributed by atoms with Crippen LogP contribution in [0.15, 0.2) is 53.6 Å². The van der Waals surface area contributed by atoms with Gasteiger partial charge in [0.1, 0.15) is 0 Å². The number of hydrogen-bond donors (Lipinski definition) is 2. The number of hydrogen-bond acceptors (Lipinski definition) is 5. The molecule has 0 unspecified atom stereocenters. The fraction of sp³-hybridized carbons (Fsp3) is 0.238. The van der Waals surface area contributed by atoms with Crippen LogP contribution in [0.5, 0.6) is 0 Å². The van der Waals surface area contributed by atoms with Gasteiger partial charge in [0.2, 0.25) is 11.5 Å². The number of nitrogen functional groups attached to an aromatic ring is 1. The van der Waals surface area contributed by atoms with E-state index in [1.807, 2.05) is 0 Å². The number of rotatable bonds is 3. The first-order valence-electron chi connectivity index (χ1n) is 9.54. The van der Waals surface area contributed by atoms with Gasteiger partial charge in [0.15, 0.2) is 0 Å². The van der Waals surface area contributed by atoms with E-state index < -0.39 is 17.8 Å². The zero-order valence-electron chi connectivity index (χ0n) is 16.2. The number of likely N-dealkylation sites (tertiary alicyclic amines) is 1. The maximum atomic E-state index is 13.0. The van der Waals surface area contributed by atoms with Gasteiger partial charge in [-0.15, -0.1) is 0 Å². The number of aromatic nitrogens is 3. The molecule has 3 heterocycles. The number of benzene rings is 1. The van der Waals surface area contributed by atoms with Gasteiger partial charge in [-0.3, -0.25) is 9.59 Å². The highest BCUT2D eigenvalue weighted by molar-refractivity contribution is 5.94. The fourth-order valence-corrected chi connectivity index (χ4v) is 3.73. The summed E-state index contributed by atoms with van der Waals surface area (Å²) in [7, 11) is 0. The summed E-state index contributed by atoms with van der Waals surface area (Å²) in [5.41, 5.74) is 6.51. The Bertz CT molecular complexity index is 1150. The maximum absolute atomic E-state index is 13.0. The largest absolute Gasteiger partial charge is 0.416 e. The molecule has 3 N–H and O–H groups in total. The number of H-pyrrole nitrogens is 1. The molecule has 1 aromatic carbocycles. The number of halogens is 3. The van der Waals surface area contributed by atoms with E-state index in [1.165, 1.54) is 36.7 Å². The molecule has 1 fully saturated rings. The normalized spacial score (nSPS) is 16.5. The summed E-state index contributed by atoms with van der Waals surface area (Å²) in [6, 6.07) is 6.98. The Kier molecular flexibility index (Phi) is 5.22. The molecule has 0 radical (unpaired) electrons. The van der Waals surface area contributed by atoms with Crippen molar-refractivity contribution in [3.63, 3.8) is 0 Å². The molecule has 1 saturated heterocycles. The minimum Gasteiger partial charge on any atom is -0.368 e. The monoisotopic (exact) mass is 429 g/mol. The van der Waals surface area contributed by atoms with Crippen LogP contribution in [0.25, 0.3) is 11.1 Å². The first-order chi connectivity index (χ1) is 14.7. The van der Waals surface area contributed by atoms with Crippen molar-refractivity contribution >= 4 is 11.9 Å². The molecule has 1 aliphatic heterocycles. The van der Waals surface area contributed by atoms with Gasteiger partial charge >= 0.3 is 6.18 Å². The second-order valence-corrected chi connectivity index (χ2v) is 7.20. The summed E-state index contributed by atoms with van der Waals surface area (Å²) in [6.07, 6.45) is -0.300. The lowest BCUT2D eigenvalue weighted by Gasteiger charge is -2.26. The number of alkyl halides is 3. The van der Waals surface area contributed by atoms with Gasteiger partial charge < -0.3 is 15.6 Å². The minimum absolute atomic E-state index is 0.00833. The lowest BCUT2D eigenvalue weighted by atomic mass is 9.98. The van der Waals surface area contributed by atoms with Crippen LogP contribution in [0.4, 0.5) is 19.1 Å². The molecule has 4 rings (SSSR count). The van der Waals surface area contributed by atoms with Crippen LogP contribution in [0.2, 0.25) is 0 Å². The van der Waals surface area contributed by atoms with Crippen molar-refractivity contribution in [2.75, 3.05) is 12.3 Å². The third kappa shape index (κ3) is 4.14. The molecule has 160 valence electrons. The van der Waals surface area contributed by atoms with Crippen molar-refractivity contribution in [1.29, 1.82) is 0 Å². The van der Waals surface area contributed by atoms with E-state index in [9.17, 15) is 22.8 Å². The molecule has 1 amide bonds. The lowest BCUT2D eigenvalue weighted by Crippen LogP contribution is -2.32. The van der Waals surface area contributed by atoms with Crippen LogP contribution < -0.4 is 11.3 Å². The molecule has 0 bridgehead atoms. The average molecular weight is 429 g/mol. The molecule has 3 aromatic rings. The second-order valence-electron chi connectivity index (χ2n) is 7.20. The number of nitrogens with one attached hydrogen (secondary N) is 1. The molecule has 0 saturated carbocycles. The Hall–Kier alpha value is -3.69. The Balaban J connectivity index is 1.72. The van der Waals surface area contributed by atoms with Crippen molar-refractivity contribution in [3.05, 3.63) is 76.0 Å². The summed E-state index contributed by atoms with van der Waals surface area (Å²) in [5.74, 6) is -0.275. The van der Waals surface area contributed by atoms with E-state index in [-0.39, 0.29) is 17.4 Å². The Morgan fingerprint density at radius 1 is 1.16 bits per heavy atom. The second kappa shape index (κ2) is 7.86. The average Bonchev–Trinajstić information content (AvgIpc) is 3.23. The van der Waals surface area contributed by atoms with Gasteiger partial charge in [0, 0.05) is 30.6 Å². The van der Waals surface area contributed by atoms with E-state index in [0.29, 0.717) is 35.3 Å². The van der Waals surface area contributed by atoms with Crippen LogP contribution in [0, 0.1) is 0 Å². The van der Waals surface area contributed by atoms with Crippen molar-refractivity contribution in [1.82, 2.24) is 19.9 Å². The number of nitrogens with zero attached hydrogens (tertiary/aromatic N) is 3. The molecule has 1 aliphatic rings. The van der Waals surface area contributed by atoms with Crippen LogP contribution >= 0.6 is 0 Å². The quantitative estimate of drug-likeness (QED) is 0.664. The number of carbonyl (C=O) groups is 1. The molecular weight excluding hydrogens is 411 g/mol. The zero-order valence-corrected chi connectivity index (χ0v) is 16.2. The highest BCUT2D eigenvalue weighted by Crippen LogP contribution is 2.38. The van der Waals surface area contributed by atoms with Gasteiger partial charge in [-0.1, -0.05) is 12.1 Å². The predicted molar refractivity (Wildman–Crippen MR) is 107 cm³/mol. The molecule has 0 spiro atoms.